The topological polar surface area (TPSA) is 17.1 Å². The number of hydrogen-bond acceptors (Lipinski definition) is 1. The highest BCUT2D eigenvalue weighted by Crippen LogP contribution is 2.38. The highest BCUT2D eigenvalue weighted by molar-refractivity contribution is 5.99. The zero-order valence-corrected chi connectivity index (χ0v) is 11.6. The molecule has 1 aliphatic rings. The van der Waals surface area contributed by atoms with Gasteiger partial charge in [-0.2, -0.15) is 0 Å². The normalized spacial score (nSPS) is 14.8. The molecule has 2 aromatic carbocycles. The minimum absolute atomic E-state index is 0.0319. The van der Waals surface area contributed by atoms with Crippen molar-refractivity contribution in [2.75, 3.05) is 0 Å². The average molecular weight is 286 g/mol. The predicted molar refractivity (Wildman–Crippen MR) is 77.4 cm³/mol. The monoisotopic (exact) mass is 286 g/mol. The van der Waals surface area contributed by atoms with Crippen LogP contribution in [0.4, 0.5) is 8.78 Å². The van der Waals surface area contributed by atoms with Crippen molar-refractivity contribution in [2.45, 2.75) is 31.6 Å². The number of hydrogen-bond donors (Lipinski definition) is 0. The van der Waals surface area contributed by atoms with Crippen molar-refractivity contribution in [3.05, 3.63) is 70.8 Å². The zero-order valence-electron chi connectivity index (χ0n) is 11.6. The predicted octanol–water partition coefficient (Wildman–Crippen LogP) is 4.66. The number of Topliss-reactive ketones (excluding diaryl/α,β-unsaturated/α-hetero) is 1. The van der Waals surface area contributed by atoms with Crippen LogP contribution in [0.25, 0.3) is 0 Å². The zero-order chi connectivity index (χ0) is 14.8. The number of benzene rings is 2. The number of halogens is 2. The SMILES string of the molecule is O=C(Cc1ccc(F)cc1F)c1ccccc1C1CCC1. The molecule has 3 rings (SSSR count). The highest BCUT2D eigenvalue weighted by atomic mass is 19.1. The van der Waals surface area contributed by atoms with E-state index in [0.29, 0.717) is 11.5 Å². The van der Waals surface area contributed by atoms with Crippen LogP contribution in [0.1, 0.15) is 46.7 Å². The van der Waals surface area contributed by atoms with Crippen LogP contribution in [0, 0.1) is 11.6 Å². The molecule has 0 heterocycles. The van der Waals surface area contributed by atoms with Crippen molar-refractivity contribution < 1.29 is 13.6 Å². The Hall–Kier alpha value is -2.03. The van der Waals surface area contributed by atoms with E-state index < -0.39 is 11.6 Å². The van der Waals surface area contributed by atoms with Gasteiger partial charge in [-0.1, -0.05) is 36.8 Å². The number of carbonyl (C=O) groups excluding carboxylic acids is 1. The molecule has 0 saturated heterocycles. The van der Waals surface area contributed by atoms with Gasteiger partial charge in [-0.15, -0.1) is 0 Å². The van der Waals surface area contributed by atoms with Gasteiger partial charge in [0.05, 0.1) is 0 Å². The van der Waals surface area contributed by atoms with Crippen molar-refractivity contribution in [2.24, 2.45) is 0 Å². The van der Waals surface area contributed by atoms with Gasteiger partial charge < -0.3 is 0 Å². The molecule has 0 atom stereocenters. The summed E-state index contributed by atoms with van der Waals surface area (Å²) in [7, 11) is 0. The fraction of sp³-hybridized carbons (Fsp3) is 0.278. The van der Waals surface area contributed by atoms with E-state index in [9.17, 15) is 13.6 Å². The van der Waals surface area contributed by atoms with E-state index in [0.717, 1.165) is 24.5 Å². The van der Waals surface area contributed by atoms with Crippen molar-refractivity contribution in [1.29, 1.82) is 0 Å². The fourth-order valence-corrected chi connectivity index (χ4v) is 2.76. The number of carbonyl (C=O) groups is 1. The molecule has 1 saturated carbocycles. The molecule has 0 N–H and O–H groups in total. The van der Waals surface area contributed by atoms with E-state index >= 15 is 0 Å². The maximum Gasteiger partial charge on any atom is 0.167 e. The summed E-state index contributed by atoms with van der Waals surface area (Å²) in [5.41, 5.74) is 1.98. The Morgan fingerprint density at radius 1 is 1.10 bits per heavy atom. The first-order chi connectivity index (χ1) is 10.1. The molecule has 0 amide bonds. The average Bonchev–Trinajstić information content (AvgIpc) is 2.40. The summed E-state index contributed by atoms with van der Waals surface area (Å²) in [5.74, 6) is -0.950. The molecule has 3 heteroatoms. The molecule has 0 aromatic heterocycles. The Morgan fingerprint density at radius 2 is 1.86 bits per heavy atom. The summed E-state index contributed by atoms with van der Waals surface area (Å²) < 4.78 is 26.6. The number of rotatable bonds is 4. The Labute approximate surface area is 122 Å². The van der Waals surface area contributed by atoms with Crippen LogP contribution in [0.3, 0.4) is 0 Å². The van der Waals surface area contributed by atoms with Gasteiger partial charge in [0, 0.05) is 18.1 Å². The van der Waals surface area contributed by atoms with Gasteiger partial charge in [-0.25, -0.2) is 8.78 Å². The van der Waals surface area contributed by atoms with Crippen LogP contribution in [-0.4, -0.2) is 5.78 Å². The second kappa shape index (κ2) is 5.76. The van der Waals surface area contributed by atoms with Crippen molar-refractivity contribution >= 4 is 5.78 Å². The third kappa shape index (κ3) is 2.87. The smallest absolute Gasteiger partial charge is 0.167 e. The summed E-state index contributed by atoms with van der Waals surface area (Å²) >= 11 is 0. The number of ketones is 1. The van der Waals surface area contributed by atoms with E-state index in [2.05, 4.69) is 0 Å². The molecule has 0 unspecified atom stereocenters. The van der Waals surface area contributed by atoms with Crippen LogP contribution in [0.2, 0.25) is 0 Å². The molecular weight excluding hydrogens is 270 g/mol. The lowest BCUT2D eigenvalue weighted by molar-refractivity contribution is 0.0989. The van der Waals surface area contributed by atoms with E-state index in [1.807, 2.05) is 18.2 Å². The lowest BCUT2D eigenvalue weighted by atomic mass is 9.77. The Morgan fingerprint density at radius 3 is 2.52 bits per heavy atom. The van der Waals surface area contributed by atoms with Gasteiger partial charge in [-0.3, -0.25) is 4.79 Å². The Kier molecular flexibility index (Phi) is 3.82. The molecule has 1 aliphatic carbocycles. The van der Waals surface area contributed by atoms with Gasteiger partial charge in [0.15, 0.2) is 5.78 Å². The van der Waals surface area contributed by atoms with Gasteiger partial charge in [0.25, 0.3) is 0 Å². The van der Waals surface area contributed by atoms with Crippen LogP contribution < -0.4 is 0 Å². The second-order valence-corrected chi connectivity index (χ2v) is 5.55. The lowest BCUT2D eigenvalue weighted by Crippen LogP contribution is -2.15. The second-order valence-electron chi connectivity index (χ2n) is 5.55. The van der Waals surface area contributed by atoms with E-state index in [4.69, 9.17) is 0 Å². The first-order valence-electron chi connectivity index (χ1n) is 7.21. The minimum atomic E-state index is -0.663. The standard InChI is InChI=1S/C18H16F2O/c19-14-9-8-13(17(20)11-14)10-18(21)16-7-2-1-6-15(16)12-4-3-5-12/h1-2,6-9,11-12H,3-5,10H2. The molecule has 21 heavy (non-hydrogen) atoms. The quantitative estimate of drug-likeness (QED) is 0.747. The van der Waals surface area contributed by atoms with Crippen LogP contribution in [0.5, 0.6) is 0 Å². The van der Waals surface area contributed by atoms with Gasteiger partial charge in [0.1, 0.15) is 11.6 Å². The molecule has 0 aliphatic heterocycles. The van der Waals surface area contributed by atoms with Gasteiger partial charge in [-0.05, 0) is 36.0 Å². The summed E-state index contributed by atoms with van der Waals surface area (Å²) in [6, 6.07) is 10.9. The van der Waals surface area contributed by atoms with E-state index in [1.165, 1.54) is 18.6 Å². The first-order valence-corrected chi connectivity index (χ1v) is 7.21. The summed E-state index contributed by atoms with van der Waals surface area (Å²) in [4.78, 5) is 12.5. The maximum atomic E-state index is 13.7. The van der Waals surface area contributed by atoms with Crippen molar-refractivity contribution in [3.63, 3.8) is 0 Å². The highest BCUT2D eigenvalue weighted by Gasteiger charge is 2.24. The van der Waals surface area contributed by atoms with Crippen LogP contribution in [0.15, 0.2) is 42.5 Å². The van der Waals surface area contributed by atoms with E-state index in [-0.39, 0.29) is 17.8 Å². The first kappa shape index (κ1) is 13.9. The molecule has 1 fully saturated rings. The fourth-order valence-electron chi connectivity index (χ4n) is 2.76. The third-order valence-electron chi connectivity index (χ3n) is 4.17. The van der Waals surface area contributed by atoms with Crippen molar-refractivity contribution in [1.82, 2.24) is 0 Å². The van der Waals surface area contributed by atoms with Gasteiger partial charge >= 0.3 is 0 Å². The Balaban J connectivity index is 1.85. The summed E-state index contributed by atoms with van der Waals surface area (Å²) in [6.45, 7) is 0. The maximum absolute atomic E-state index is 13.7. The molecular formula is C18H16F2O. The summed E-state index contributed by atoms with van der Waals surface area (Å²) in [6.07, 6.45) is 3.38. The molecule has 0 spiro atoms. The Bertz CT molecular complexity index is 675. The van der Waals surface area contributed by atoms with Crippen LogP contribution in [-0.2, 0) is 6.42 Å². The molecule has 2 aromatic rings. The van der Waals surface area contributed by atoms with Crippen molar-refractivity contribution in [3.8, 4) is 0 Å². The molecule has 108 valence electrons. The molecule has 1 nitrogen and oxygen atoms in total. The summed E-state index contributed by atoms with van der Waals surface area (Å²) in [5, 5.41) is 0. The van der Waals surface area contributed by atoms with E-state index in [1.54, 1.807) is 6.07 Å². The minimum Gasteiger partial charge on any atom is -0.294 e. The lowest BCUT2D eigenvalue weighted by Gasteiger charge is -2.27. The van der Waals surface area contributed by atoms with Gasteiger partial charge in [0.2, 0.25) is 0 Å². The third-order valence-corrected chi connectivity index (χ3v) is 4.17. The van der Waals surface area contributed by atoms with Crippen LogP contribution >= 0.6 is 0 Å². The largest absolute Gasteiger partial charge is 0.294 e. The molecule has 0 radical (unpaired) electrons. The molecule has 0 bridgehead atoms.